The van der Waals surface area contributed by atoms with Crippen molar-refractivity contribution in [3.05, 3.63) is 32.9 Å². The third-order valence-electron chi connectivity index (χ3n) is 2.42. The van der Waals surface area contributed by atoms with E-state index in [1.54, 1.807) is 0 Å². The summed E-state index contributed by atoms with van der Waals surface area (Å²) in [6, 6.07) is 6.89. The van der Waals surface area contributed by atoms with Crippen molar-refractivity contribution >= 4 is 22.6 Å². The Morgan fingerprint density at radius 2 is 1.32 bits per heavy atom. The highest BCUT2D eigenvalue weighted by atomic mass is 127. The normalized spacial score (nSPS) is 11.5. The molecular weight excluding hydrogens is 575 g/mol. The minimum Gasteiger partial charge on any atom is -1.00 e. The largest absolute Gasteiger partial charge is 1.00 e. The van der Waals surface area contributed by atoms with Gasteiger partial charge in [0.15, 0.2) is 0 Å². The molecule has 1 aromatic rings. The van der Waals surface area contributed by atoms with Crippen LogP contribution in [0.5, 0.6) is 0 Å². The van der Waals surface area contributed by atoms with Crippen molar-refractivity contribution in [3.63, 3.8) is 0 Å². The number of quaternary nitrogens is 2. The summed E-state index contributed by atoms with van der Waals surface area (Å²) in [5.74, 6) is 0. The standard InChI is InChI=1S/C14H25IN2.2HI/c1-16(2,3)10-12-7-8-13(14(15)9-12)11-17(4,5)6;;/h7-9H,10-11H2,1-6H3;2*1H/q+2;;/p-2/i15-2;;. The van der Waals surface area contributed by atoms with E-state index >= 15 is 0 Å². The number of hydrogen-bond acceptors (Lipinski definition) is 0. The smallest absolute Gasteiger partial charge is 0.105 e. The highest BCUT2D eigenvalue weighted by Gasteiger charge is 2.14. The minimum atomic E-state index is 0. The van der Waals surface area contributed by atoms with E-state index in [0.717, 1.165) is 22.1 Å². The van der Waals surface area contributed by atoms with Crippen molar-refractivity contribution < 1.29 is 56.9 Å². The Morgan fingerprint density at radius 3 is 1.68 bits per heavy atom. The predicted octanol–water partition coefficient (Wildman–Crippen LogP) is -3.29. The van der Waals surface area contributed by atoms with Gasteiger partial charge in [0.05, 0.1) is 42.3 Å². The Bertz CT molecular complexity index is 393. The highest BCUT2D eigenvalue weighted by molar-refractivity contribution is 14.1. The molecule has 0 heterocycles. The van der Waals surface area contributed by atoms with Gasteiger partial charge in [-0.05, 0) is 28.7 Å². The lowest BCUT2D eigenvalue weighted by Crippen LogP contribution is -3.00. The first kappa shape index (κ1) is 22.6. The van der Waals surface area contributed by atoms with Gasteiger partial charge in [-0.2, -0.15) is 0 Å². The summed E-state index contributed by atoms with van der Waals surface area (Å²) in [6.07, 6.45) is 0. The van der Waals surface area contributed by atoms with E-state index in [1.165, 1.54) is 14.7 Å². The van der Waals surface area contributed by atoms with E-state index < -0.39 is 0 Å². The molecular formula is C14H25I3N2. The van der Waals surface area contributed by atoms with Crippen LogP contribution in [0.2, 0.25) is 0 Å². The zero-order valence-corrected chi connectivity index (χ0v) is 19.1. The molecule has 5 heteroatoms. The van der Waals surface area contributed by atoms with Gasteiger partial charge in [-0.1, -0.05) is 12.1 Å². The number of benzene rings is 1. The first-order valence-corrected chi connectivity index (χ1v) is 7.03. The number of rotatable bonds is 4. The highest BCUT2D eigenvalue weighted by Crippen LogP contribution is 2.19. The van der Waals surface area contributed by atoms with Crippen molar-refractivity contribution in [1.29, 1.82) is 0 Å². The van der Waals surface area contributed by atoms with Gasteiger partial charge in [0.2, 0.25) is 0 Å². The molecule has 0 radical (unpaired) electrons. The van der Waals surface area contributed by atoms with E-state index in [0.29, 0.717) is 0 Å². The van der Waals surface area contributed by atoms with Crippen molar-refractivity contribution in [3.8, 4) is 0 Å². The van der Waals surface area contributed by atoms with Crippen LogP contribution in [-0.4, -0.2) is 51.3 Å². The zero-order chi connectivity index (χ0) is 13.3. The lowest BCUT2D eigenvalue weighted by molar-refractivity contribution is -0.884. The maximum absolute atomic E-state index is 2.46. The first-order chi connectivity index (χ1) is 7.57. The molecule has 0 atom stereocenters. The van der Waals surface area contributed by atoms with Gasteiger partial charge >= 0.3 is 0 Å². The molecule has 0 N–H and O–H groups in total. The van der Waals surface area contributed by atoms with Crippen molar-refractivity contribution in [2.24, 2.45) is 0 Å². The summed E-state index contributed by atoms with van der Waals surface area (Å²) in [6.45, 7) is 2.17. The summed E-state index contributed by atoms with van der Waals surface area (Å²) in [5.41, 5.74) is 2.87. The third kappa shape index (κ3) is 9.81. The second kappa shape index (κ2) is 8.70. The average molecular weight is 600 g/mol. The summed E-state index contributed by atoms with van der Waals surface area (Å²) in [4.78, 5) is 0. The lowest BCUT2D eigenvalue weighted by Gasteiger charge is -2.26. The minimum absolute atomic E-state index is 0. The second-order valence-electron chi connectivity index (χ2n) is 6.82. The molecule has 0 bridgehead atoms. The van der Waals surface area contributed by atoms with Gasteiger partial charge in [-0.3, -0.25) is 0 Å². The molecule has 0 aromatic heterocycles. The lowest BCUT2D eigenvalue weighted by atomic mass is 10.1. The molecule has 0 aliphatic heterocycles. The van der Waals surface area contributed by atoms with Gasteiger partial charge in [0.1, 0.15) is 13.1 Å². The molecule has 2 nitrogen and oxygen atoms in total. The van der Waals surface area contributed by atoms with Crippen LogP contribution in [0, 0.1) is 3.57 Å². The van der Waals surface area contributed by atoms with Crippen LogP contribution < -0.4 is 48.0 Å². The molecule has 0 amide bonds. The molecule has 0 saturated carbocycles. The van der Waals surface area contributed by atoms with Crippen LogP contribution >= 0.6 is 22.6 Å². The van der Waals surface area contributed by atoms with Crippen molar-refractivity contribution in [2.75, 3.05) is 42.3 Å². The molecule has 0 aliphatic rings. The van der Waals surface area contributed by atoms with Gasteiger partial charge in [-0.25, -0.2) is 0 Å². The van der Waals surface area contributed by atoms with Crippen LogP contribution in [0.25, 0.3) is 0 Å². The predicted molar refractivity (Wildman–Crippen MR) is 82.6 cm³/mol. The summed E-state index contributed by atoms with van der Waals surface area (Å²) in [5, 5.41) is 0. The van der Waals surface area contributed by atoms with Crippen LogP contribution in [-0.2, 0) is 13.1 Å². The molecule has 112 valence electrons. The Hall–Kier alpha value is 1.33. The fourth-order valence-corrected chi connectivity index (χ4v) is 2.63. The van der Waals surface area contributed by atoms with E-state index in [9.17, 15) is 0 Å². The molecule has 1 rings (SSSR count). The van der Waals surface area contributed by atoms with Crippen molar-refractivity contribution in [1.82, 2.24) is 0 Å². The van der Waals surface area contributed by atoms with Crippen LogP contribution in [0.4, 0.5) is 0 Å². The number of nitrogens with zero attached hydrogens (tertiary/aromatic N) is 2. The van der Waals surface area contributed by atoms with E-state index in [2.05, 4.69) is 83.1 Å². The Kier molecular flexibility index (Phi) is 10.3. The van der Waals surface area contributed by atoms with Crippen LogP contribution in [0.1, 0.15) is 11.1 Å². The van der Waals surface area contributed by atoms with Crippen LogP contribution in [0.3, 0.4) is 0 Å². The maximum atomic E-state index is 2.46. The molecule has 19 heavy (non-hydrogen) atoms. The topological polar surface area (TPSA) is 0 Å². The van der Waals surface area contributed by atoms with E-state index in [4.69, 9.17) is 0 Å². The fraction of sp³-hybridized carbons (Fsp3) is 0.571. The number of hydrogen-bond donors (Lipinski definition) is 0. The van der Waals surface area contributed by atoms with E-state index in [-0.39, 0.29) is 48.0 Å². The molecule has 1 aromatic carbocycles. The molecule has 0 spiro atoms. The Morgan fingerprint density at radius 1 is 0.842 bits per heavy atom. The maximum Gasteiger partial charge on any atom is 0.105 e. The molecule has 0 unspecified atom stereocenters. The zero-order valence-electron chi connectivity index (χ0n) is 12.7. The summed E-state index contributed by atoms with van der Waals surface area (Å²) < 4.78 is 3.34. The SMILES string of the molecule is C[N+](C)(C)Cc1ccc(C[N+](C)(C)C)c([125I])c1.[I-].[I-]. The summed E-state index contributed by atoms with van der Waals surface area (Å²) in [7, 11) is 13.4. The monoisotopic (exact) mass is 600 g/mol. The Labute approximate surface area is 166 Å². The van der Waals surface area contributed by atoms with Gasteiger partial charge < -0.3 is 56.9 Å². The third-order valence-corrected chi connectivity index (χ3v) is 3.42. The quantitative estimate of drug-likeness (QED) is 0.252. The van der Waals surface area contributed by atoms with Crippen LogP contribution in [0.15, 0.2) is 18.2 Å². The number of halogens is 3. The van der Waals surface area contributed by atoms with Gasteiger partial charge in [0, 0.05) is 14.7 Å². The molecule has 0 saturated heterocycles. The van der Waals surface area contributed by atoms with Crippen molar-refractivity contribution in [2.45, 2.75) is 13.1 Å². The first-order valence-electron chi connectivity index (χ1n) is 5.95. The Balaban J connectivity index is 0. The van der Waals surface area contributed by atoms with Gasteiger partial charge in [0.25, 0.3) is 0 Å². The van der Waals surface area contributed by atoms with Gasteiger partial charge in [-0.15, -0.1) is 0 Å². The second-order valence-corrected chi connectivity index (χ2v) is 7.98. The molecule has 0 aliphatic carbocycles. The average Bonchev–Trinajstić information content (AvgIpc) is 2.05. The van der Waals surface area contributed by atoms with E-state index in [1.807, 2.05) is 0 Å². The summed E-state index contributed by atoms with van der Waals surface area (Å²) >= 11 is 2.46. The fourth-order valence-electron chi connectivity index (χ4n) is 1.88. The molecule has 0 fully saturated rings.